The highest BCUT2D eigenvalue weighted by Crippen LogP contribution is 2.48. The van der Waals surface area contributed by atoms with Crippen LogP contribution in [-0.2, 0) is 14.4 Å². The number of imide groups is 1. The summed E-state index contributed by atoms with van der Waals surface area (Å²) in [5.74, 6) is -0.513. The number of carbonyl (C=O) groups excluding carboxylic acids is 2. The molecule has 0 unspecified atom stereocenters. The normalized spacial score (nSPS) is 22.4. The molecule has 2 aliphatic rings. The van der Waals surface area contributed by atoms with Gasteiger partial charge in [0.15, 0.2) is 6.10 Å². The second-order valence-electron chi connectivity index (χ2n) is 8.23. The van der Waals surface area contributed by atoms with Gasteiger partial charge in [0.05, 0.1) is 24.5 Å². The van der Waals surface area contributed by atoms with Gasteiger partial charge < -0.3 is 4.74 Å². The molecule has 3 atom stereocenters. The lowest BCUT2D eigenvalue weighted by molar-refractivity contribution is -0.126. The number of aryl methyl sites for hydroxylation is 2. The lowest BCUT2D eigenvalue weighted by Crippen LogP contribution is -2.37. The van der Waals surface area contributed by atoms with Gasteiger partial charge in [0.2, 0.25) is 5.91 Å². The van der Waals surface area contributed by atoms with Crippen LogP contribution in [0.15, 0.2) is 72.8 Å². The summed E-state index contributed by atoms with van der Waals surface area (Å²) in [6.45, 7) is 3.92. The largest absolute Gasteiger partial charge is 0.497 e. The second-order valence-corrected chi connectivity index (χ2v) is 8.23. The van der Waals surface area contributed by atoms with E-state index in [1.165, 1.54) is 4.90 Å². The summed E-state index contributed by atoms with van der Waals surface area (Å²) in [4.78, 5) is 34.5. The Bertz CT molecular complexity index is 1190. The van der Waals surface area contributed by atoms with Crippen LogP contribution < -0.4 is 14.7 Å². The molecule has 32 heavy (non-hydrogen) atoms. The zero-order valence-corrected chi connectivity index (χ0v) is 18.2. The maximum atomic E-state index is 13.7. The van der Waals surface area contributed by atoms with E-state index in [2.05, 4.69) is 0 Å². The fourth-order valence-corrected chi connectivity index (χ4v) is 4.60. The molecule has 0 bridgehead atoms. The van der Waals surface area contributed by atoms with Crippen LogP contribution >= 0.6 is 0 Å². The summed E-state index contributed by atoms with van der Waals surface area (Å²) < 4.78 is 5.30. The number of methoxy groups -OCH3 is 1. The molecule has 0 aromatic heterocycles. The molecule has 0 N–H and O–H groups in total. The fourth-order valence-electron chi connectivity index (χ4n) is 4.60. The first-order valence-corrected chi connectivity index (χ1v) is 10.6. The van der Waals surface area contributed by atoms with Gasteiger partial charge in [0, 0.05) is 0 Å². The third-order valence-corrected chi connectivity index (χ3v) is 6.19. The number of anilines is 2. The minimum Gasteiger partial charge on any atom is -0.497 e. The maximum absolute atomic E-state index is 13.7. The first kappa shape index (κ1) is 20.3. The second kappa shape index (κ2) is 7.80. The highest BCUT2D eigenvalue weighted by atomic mass is 16.7. The van der Waals surface area contributed by atoms with E-state index in [-0.39, 0.29) is 11.8 Å². The molecule has 2 amide bonds. The third kappa shape index (κ3) is 3.15. The summed E-state index contributed by atoms with van der Waals surface area (Å²) in [6, 6.07) is 22.3. The van der Waals surface area contributed by atoms with Gasteiger partial charge >= 0.3 is 0 Å². The van der Waals surface area contributed by atoms with E-state index in [4.69, 9.17) is 9.57 Å². The SMILES string of the molecule is COc1ccc([C@@H]2[C@H]3C(=O)N(c4cccc(C)c4)C(=O)[C@@H]3ON2c2ccccc2C)cc1. The summed E-state index contributed by atoms with van der Waals surface area (Å²) in [5.41, 5.74) is 4.28. The number of ether oxygens (including phenoxy) is 1. The van der Waals surface area contributed by atoms with Crippen molar-refractivity contribution in [1.29, 1.82) is 0 Å². The van der Waals surface area contributed by atoms with Gasteiger partial charge in [-0.05, 0) is 60.9 Å². The summed E-state index contributed by atoms with van der Waals surface area (Å²) in [6.07, 6.45) is -0.880. The molecular weight excluding hydrogens is 404 g/mol. The molecule has 5 rings (SSSR count). The fraction of sp³-hybridized carbons (Fsp3) is 0.231. The van der Waals surface area contributed by atoms with Crippen molar-refractivity contribution in [2.45, 2.75) is 26.0 Å². The van der Waals surface area contributed by atoms with Crippen molar-refractivity contribution in [3.05, 3.63) is 89.5 Å². The van der Waals surface area contributed by atoms with Crippen molar-refractivity contribution in [3.63, 3.8) is 0 Å². The number of para-hydroxylation sites is 1. The van der Waals surface area contributed by atoms with E-state index >= 15 is 0 Å². The molecule has 2 fully saturated rings. The van der Waals surface area contributed by atoms with Crippen LogP contribution in [0.5, 0.6) is 5.75 Å². The first-order chi connectivity index (χ1) is 15.5. The molecule has 0 saturated carbocycles. The van der Waals surface area contributed by atoms with E-state index in [1.807, 2.05) is 80.6 Å². The van der Waals surface area contributed by atoms with Crippen molar-refractivity contribution >= 4 is 23.2 Å². The molecule has 3 aromatic carbocycles. The monoisotopic (exact) mass is 428 g/mol. The Morgan fingerprint density at radius 1 is 0.875 bits per heavy atom. The molecule has 162 valence electrons. The third-order valence-electron chi connectivity index (χ3n) is 6.19. The van der Waals surface area contributed by atoms with E-state index in [1.54, 1.807) is 18.2 Å². The predicted octanol–water partition coefficient (Wildman–Crippen LogP) is 4.36. The lowest BCUT2D eigenvalue weighted by Gasteiger charge is -2.30. The Labute approximate surface area is 186 Å². The van der Waals surface area contributed by atoms with Crippen LogP contribution in [0.2, 0.25) is 0 Å². The Balaban J connectivity index is 1.60. The van der Waals surface area contributed by atoms with E-state index in [9.17, 15) is 9.59 Å². The van der Waals surface area contributed by atoms with Crippen molar-refractivity contribution in [2.75, 3.05) is 17.1 Å². The quantitative estimate of drug-likeness (QED) is 0.578. The molecule has 2 heterocycles. The van der Waals surface area contributed by atoms with Gasteiger partial charge in [-0.15, -0.1) is 0 Å². The van der Waals surface area contributed by atoms with Crippen LogP contribution in [0.3, 0.4) is 0 Å². The number of benzene rings is 3. The number of hydrogen-bond donors (Lipinski definition) is 0. The van der Waals surface area contributed by atoms with Gasteiger partial charge in [0.25, 0.3) is 5.91 Å². The molecule has 3 aromatic rings. The lowest BCUT2D eigenvalue weighted by atomic mass is 9.90. The van der Waals surface area contributed by atoms with Crippen molar-refractivity contribution in [2.24, 2.45) is 5.92 Å². The zero-order chi connectivity index (χ0) is 22.4. The molecule has 2 aliphatic heterocycles. The number of amides is 2. The average Bonchev–Trinajstić information content (AvgIpc) is 3.30. The van der Waals surface area contributed by atoms with Crippen molar-refractivity contribution in [3.8, 4) is 5.75 Å². The zero-order valence-electron chi connectivity index (χ0n) is 18.2. The minimum absolute atomic E-state index is 0.248. The number of fused-ring (bicyclic) bond motifs is 1. The minimum atomic E-state index is -0.880. The van der Waals surface area contributed by atoms with Crippen LogP contribution in [0.4, 0.5) is 11.4 Å². The van der Waals surface area contributed by atoms with Gasteiger partial charge in [-0.2, -0.15) is 0 Å². The predicted molar refractivity (Wildman–Crippen MR) is 121 cm³/mol. The topological polar surface area (TPSA) is 59.1 Å². The summed E-state index contributed by atoms with van der Waals surface area (Å²) in [7, 11) is 1.61. The van der Waals surface area contributed by atoms with Crippen molar-refractivity contribution in [1.82, 2.24) is 0 Å². The van der Waals surface area contributed by atoms with Crippen LogP contribution in [0, 0.1) is 19.8 Å². The van der Waals surface area contributed by atoms with Crippen LogP contribution in [0.25, 0.3) is 0 Å². The average molecular weight is 428 g/mol. The standard InChI is InChI=1S/C26H24N2O4/c1-16-7-6-9-19(15-16)27-25(29)22-23(18-11-13-20(31-3)14-12-18)28(32-24(22)26(27)30)21-10-5-4-8-17(21)2/h4-15,22-24H,1-3H3/t22-,23-,24-/m1/s1. The molecule has 6 heteroatoms. The first-order valence-electron chi connectivity index (χ1n) is 10.6. The number of rotatable bonds is 4. The Hall–Kier alpha value is -3.64. The molecule has 0 radical (unpaired) electrons. The highest BCUT2D eigenvalue weighted by Gasteiger charge is 2.60. The van der Waals surface area contributed by atoms with E-state index in [0.717, 1.165) is 28.1 Å². The van der Waals surface area contributed by atoms with Gasteiger partial charge in [-0.25, -0.2) is 9.96 Å². The summed E-state index contributed by atoms with van der Waals surface area (Å²) >= 11 is 0. The smallest absolute Gasteiger partial charge is 0.266 e. The Morgan fingerprint density at radius 2 is 1.62 bits per heavy atom. The molecule has 0 aliphatic carbocycles. The number of hydrogen-bond acceptors (Lipinski definition) is 5. The van der Waals surface area contributed by atoms with Gasteiger partial charge in [0.1, 0.15) is 11.7 Å². The molecular formula is C26H24N2O4. The maximum Gasteiger partial charge on any atom is 0.266 e. The molecule has 0 spiro atoms. The Morgan fingerprint density at radius 3 is 2.31 bits per heavy atom. The van der Waals surface area contributed by atoms with Crippen LogP contribution in [0.1, 0.15) is 22.7 Å². The molecule has 6 nitrogen and oxygen atoms in total. The van der Waals surface area contributed by atoms with Gasteiger partial charge in [-0.3, -0.25) is 14.4 Å². The number of nitrogens with zero attached hydrogens (tertiary/aromatic N) is 2. The van der Waals surface area contributed by atoms with E-state index in [0.29, 0.717) is 5.69 Å². The summed E-state index contributed by atoms with van der Waals surface area (Å²) in [5, 5.41) is 1.73. The molecule has 2 saturated heterocycles. The number of hydroxylamine groups is 1. The van der Waals surface area contributed by atoms with Crippen LogP contribution in [-0.4, -0.2) is 25.0 Å². The number of carbonyl (C=O) groups is 2. The van der Waals surface area contributed by atoms with Crippen molar-refractivity contribution < 1.29 is 19.2 Å². The Kier molecular flexibility index (Phi) is 4.94. The van der Waals surface area contributed by atoms with Gasteiger partial charge in [-0.1, -0.05) is 42.5 Å². The highest BCUT2D eigenvalue weighted by molar-refractivity contribution is 6.24. The van der Waals surface area contributed by atoms with E-state index < -0.39 is 18.1 Å².